The third-order valence-corrected chi connectivity index (χ3v) is 2.45. The predicted octanol–water partition coefficient (Wildman–Crippen LogP) is 3.77. The Morgan fingerprint density at radius 3 is 2.56 bits per heavy atom. The van der Waals surface area contributed by atoms with Gasteiger partial charge < -0.3 is 0 Å². The van der Waals surface area contributed by atoms with E-state index < -0.39 is 11.8 Å². The first-order valence-corrected chi connectivity index (χ1v) is 5.21. The first-order valence-electron chi connectivity index (χ1n) is 4.68. The van der Waals surface area contributed by atoms with Crippen molar-refractivity contribution in [2.45, 2.75) is 5.88 Å². The van der Waals surface area contributed by atoms with Gasteiger partial charge in [-0.25, -0.2) is 9.37 Å². The van der Waals surface area contributed by atoms with E-state index in [-0.39, 0.29) is 11.4 Å². The SMILES string of the molecule is Fc1cccc(-c2ccc(CCl)nc2F)c1. The van der Waals surface area contributed by atoms with Crippen LogP contribution in [0.1, 0.15) is 5.69 Å². The lowest BCUT2D eigenvalue weighted by Crippen LogP contribution is -1.93. The first kappa shape index (κ1) is 11.0. The van der Waals surface area contributed by atoms with E-state index >= 15 is 0 Å². The Morgan fingerprint density at radius 2 is 1.94 bits per heavy atom. The van der Waals surface area contributed by atoms with Crippen LogP contribution in [0.25, 0.3) is 11.1 Å². The van der Waals surface area contributed by atoms with Gasteiger partial charge in [0.2, 0.25) is 5.95 Å². The van der Waals surface area contributed by atoms with Gasteiger partial charge in [0.25, 0.3) is 0 Å². The molecular weight excluding hydrogens is 232 g/mol. The van der Waals surface area contributed by atoms with E-state index in [2.05, 4.69) is 4.98 Å². The van der Waals surface area contributed by atoms with Gasteiger partial charge in [-0.1, -0.05) is 12.1 Å². The van der Waals surface area contributed by atoms with Gasteiger partial charge in [-0.2, -0.15) is 4.39 Å². The number of halogens is 3. The van der Waals surface area contributed by atoms with Crippen LogP contribution in [0.5, 0.6) is 0 Å². The Labute approximate surface area is 96.7 Å². The van der Waals surface area contributed by atoms with Gasteiger partial charge in [-0.3, -0.25) is 0 Å². The topological polar surface area (TPSA) is 12.9 Å². The molecule has 0 aliphatic rings. The van der Waals surface area contributed by atoms with Crippen molar-refractivity contribution in [1.29, 1.82) is 0 Å². The van der Waals surface area contributed by atoms with E-state index in [4.69, 9.17) is 11.6 Å². The number of aromatic nitrogens is 1. The molecule has 2 aromatic rings. The van der Waals surface area contributed by atoms with Crippen LogP contribution in [-0.4, -0.2) is 4.98 Å². The molecule has 0 unspecified atom stereocenters. The minimum Gasteiger partial charge on any atom is -0.223 e. The molecule has 0 spiro atoms. The van der Waals surface area contributed by atoms with Crippen molar-refractivity contribution in [1.82, 2.24) is 4.98 Å². The van der Waals surface area contributed by atoms with Crippen molar-refractivity contribution in [3.8, 4) is 11.1 Å². The average Bonchev–Trinajstić information content (AvgIpc) is 2.28. The van der Waals surface area contributed by atoms with Gasteiger partial charge >= 0.3 is 0 Å². The number of pyridine rings is 1. The molecule has 0 N–H and O–H groups in total. The zero-order valence-electron chi connectivity index (χ0n) is 8.25. The molecule has 0 radical (unpaired) electrons. The highest BCUT2D eigenvalue weighted by Crippen LogP contribution is 2.22. The van der Waals surface area contributed by atoms with Crippen molar-refractivity contribution >= 4 is 11.6 Å². The standard InChI is InChI=1S/C12H8ClF2N/c13-7-10-4-5-11(12(15)16-10)8-2-1-3-9(14)6-8/h1-6H,7H2. The van der Waals surface area contributed by atoms with Crippen molar-refractivity contribution in [3.05, 3.63) is 53.9 Å². The summed E-state index contributed by atoms with van der Waals surface area (Å²) in [5.74, 6) is -0.887. The second-order valence-corrected chi connectivity index (χ2v) is 3.55. The molecule has 0 saturated carbocycles. The van der Waals surface area contributed by atoms with Crippen molar-refractivity contribution in [3.63, 3.8) is 0 Å². The van der Waals surface area contributed by atoms with E-state index in [0.29, 0.717) is 11.3 Å². The summed E-state index contributed by atoms with van der Waals surface area (Å²) < 4.78 is 26.5. The van der Waals surface area contributed by atoms with E-state index in [1.54, 1.807) is 18.2 Å². The summed E-state index contributed by atoms with van der Waals surface area (Å²) in [6.45, 7) is 0. The lowest BCUT2D eigenvalue weighted by atomic mass is 10.1. The molecule has 0 fully saturated rings. The van der Waals surface area contributed by atoms with Gasteiger partial charge in [0, 0.05) is 5.56 Å². The van der Waals surface area contributed by atoms with Crippen molar-refractivity contribution in [2.24, 2.45) is 0 Å². The second kappa shape index (κ2) is 4.58. The molecule has 2 rings (SSSR count). The van der Waals surface area contributed by atoms with Crippen LogP contribution >= 0.6 is 11.6 Å². The fourth-order valence-corrected chi connectivity index (χ4v) is 1.57. The summed E-state index contributed by atoms with van der Waals surface area (Å²) in [4.78, 5) is 3.68. The summed E-state index contributed by atoms with van der Waals surface area (Å²) in [7, 11) is 0. The lowest BCUT2D eigenvalue weighted by Gasteiger charge is -2.04. The molecular formula is C12H8ClF2N. The maximum atomic E-state index is 13.6. The predicted molar refractivity (Wildman–Crippen MR) is 59.1 cm³/mol. The van der Waals surface area contributed by atoms with Crippen LogP contribution in [0, 0.1) is 11.8 Å². The first-order chi connectivity index (χ1) is 7.70. The van der Waals surface area contributed by atoms with Gasteiger partial charge in [0.1, 0.15) is 5.82 Å². The van der Waals surface area contributed by atoms with Crippen LogP contribution in [0.2, 0.25) is 0 Å². The highest BCUT2D eigenvalue weighted by molar-refractivity contribution is 6.16. The summed E-state index contributed by atoms with van der Waals surface area (Å²) in [6, 6.07) is 8.90. The van der Waals surface area contributed by atoms with E-state index in [1.165, 1.54) is 18.2 Å². The minimum absolute atomic E-state index is 0.153. The maximum absolute atomic E-state index is 13.6. The Hall–Kier alpha value is -1.48. The molecule has 0 bridgehead atoms. The van der Waals surface area contributed by atoms with E-state index in [0.717, 1.165) is 0 Å². The third kappa shape index (κ3) is 2.19. The molecule has 0 aliphatic carbocycles. The third-order valence-electron chi connectivity index (χ3n) is 2.18. The Morgan fingerprint density at radius 1 is 1.12 bits per heavy atom. The normalized spacial score (nSPS) is 10.4. The number of benzene rings is 1. The number of hydrogen-bond acceptors (Lipinski definition) is 1. The Balaban J connectivity index is 2.48. The molecule has 1 aromatic heterocycles. The largest absolute Gasteiger partial charge is 0.223 e. The summed E-state index contributed by atoms with van der Waals surface area (Å²) >= 11 is 5.53. The molecule has 0 saturated heterocycles. The van der Waals surface area contributed by atoms with Gasteiger partial charge in [-0.15, -0.1) is 11.6 Å². The summed E-state index contributed by atoms with van der Waals surface area (Å²) in [6.07, 6.45) is 0. The van der Waals surface area contributed by atoms with Gasteiger partial charge in [-0.05, 0) is 29.8 Å². The van der Waals surface area contributed by atoms with Gasteiger partial charge in [0.15, 0.2) is 0 Å². The van der Waals surface area contributed by atoms with Crippen LogP contribution in [0.3, 0.4) is 0 Å². The molecule has 0 amide bonds. The number of nitrogens with zero attached hydrogens (tertiary/aromatic N) is 1. The Bertz CT molecular complexity index is 514. The highest BCUT2D eigenvalue weighted by Gasteiger charge is 2.07. The summed E-state index contributed by atoms with van der Waals surface area (Å²) in [5.41, 5.74) is 1.19. The minimum atomic E-state index is -0.635. The maximum Gasteiger partial charge on any atom is 0.221 e. The second-order valence-electron chi connectivity index (χ2n) is 3.28. The van der Waals surface area contributed by atoms with Crippen LogP contribution in [0.15, 0.2) is 36.4 Å². The molecule has 82 valence electrons. The van der Waals surface area contributed by atoms with E-state index in [9.17, 15) is 8.78 Å². The Kier molecular flexibility index (Phi) is 3.15. The van der Waals surface area contributed by atoms with Gasteiger partial charge in [0.05, 0.1) is 11.6 Å². The fraction of sp³-hybridized carbons (Fsp3) is 0.0833. The monoisotopic (exact) mass is 239 g/mol. The molecule has 0 aliphatic heterocycles. The zero-order chi connectivity index (χ0) is 11.5. The van der Waals surface area contributed by atoms with Crippen LogP contribution in [0.4, 0.5) is 8.78 Å². The highest BCUT2D eigenvalue weighted by atomic mass is 35.5. The quantitative estimate of drug-likeness (QED) is 0.574. The molecule has 4 heteroatoms. The smallest absolute Gasteiger partial charge is 0.221 e. The zero-order valence-corrected chi connectivity index (χ0v) is 9.01. The number of rotatable bonds is 2. The molecule has 0 atom stereocenters. The molecule has 16 heavy (non-hydrogen) atoms. The van der Waals surface area contributed by atoms with Crippen LogP contribution in [-0.2, 0) is 5.88 Å². The van der Waals surface area contributed by atoms with Crippen molar-refractivity contribution < 1.29 is 8.78 Å². The summed E-state index contributed by atoms with van der Waals surface area (Å²) in [5, 5.41) is 0. The molecule has 1 aromatic carbocycles. The average molecular weight is 240 g/mol. The number of hydrogen-bond donors (Lipinski definition) is 0. The molecule has 1 nitrogen and oxygen atoms in total. The number of alkyl halides is 1. The van der Waals surface area contributed by atoms with Crippen LogP contribution < -0.4 is 0 Å². The van der Waals surface area contributed by atoms with Crippen molar-refractivity contribution in [2.75, 3.05) is 0 Å². The fourth-order valence-electron chi connectivity index (χ4n) is 1.42. The lowest BCUT2D eigenvalue weighted by molar-refractivity contribution is 0.583. The molecule has 1 heterocycles. The van der Waals surface area contributed by atoms with E-state index in [1.807, 2.05) is 0 Å².